The summed E-state index contributed by atoms with van der Waals surface area (Å²) in [6.45, 7) is 1.69. The summed E-state index contributed by atoms with van der Waals surface area (Å²) in [5.41, 5.74) is 3.91. The van der Waals surface area contributed by atoms with Crippen molar-refractivity contribution < 1.29 is 14.3 Å². The van der Waals surface area contributed by atoms with Crippen LogP contribution in [0.4, 0.5) is 4.79 Å². The molecule has 1 aliphatic rings. The molecule has 2 N–H and O–H groups in total. The van der Waals surface area contributed by atoms with Gasteiger partial charge in [0.2, 0.25) is 0 Å². The Kier molecular flexibility index (Phi) is 4.33. The summed E-state index contributed by atoms with van der Waals surface area (Å²) in [5, 5.41) is 5.39. The zero-order valence-electron chi connectivity index (χ0n) is 13.5. The average Bonchev–Trinajstić information content (AvgIpc) is 2.61. The number of rotatable bonds is 3. The first-order valence-corrected chi connectivity index (χ1v) is 7.62. The molecule has 5 nitrogen and oxygen atoms in total. The molecule has 0 bridgehead atoms. The van der Waals surface area contributed by atoms with E-state index in [1.165, 1.54) is 7.11 Å². The first kappa shape index (κ1) is 15.8. The molecule has 1 unspecified atom stereocenters. The van der Waals surface area contributed by atoms with Crippen molar-refractivity contribution in [3.63, 3.8) is 0 Å². The maximum Gasteiger partial charge on any atom is 0.337 e. The quantitative estimate of drug-likeness (QED) is 0.853. The van der Waals surface area contributed by atoms with E-state index >= 15 is 0 Å². The predicted molar refractivity (Wildman–Crippen MR) is 91.0 cm³/mol. The highest BCUT2D eigenvalue weighted by Crippen LogP contribution is 2.29. The van der Waals surface area contributed by atoms with Crippen LogP contribution < -0.4 is 10.6 Å². The number of benzene rings is 2. The second kappa shape index (κ2) is 6.58. The van der Waals surface area contributed by atoms with Crippen molar-refractivity contribution in [3.8, 4) is 11.1 Å². The number of nitrogens with one attached hydrogen (secondary N) is 2. The van der Waals surface area contributed by atoms with Crippen LogP contribution in [-0.2, 0) is 9.53 Å². The molecule has 1 aliphatic heterocycles. The molecule has 24 heavy (non-hydrogen) atoms. The summed E-state index contributed by atoms with van der Waals surface area (Å²) in [5.74, 6) is -0.461. The van der Waals surface area contributed by atoms with Gasteiger partial charge in [-0.1, -0.05) is 54.6 Å². The Morgan fingerprint density at radius 2 is 1.62 bits per heavy atom. The molecular weight excluding hydrogens is 304 g/mol. The van der Waals surface area contributed by atoms with Crippen LogP contribution >= 0.6 is 0 Å². The summed E-state index contributed by atoms with van der Waals surface area (Å²) in [6.07, 6.45) is 0. The van der Waals surface area contributed by atoms with Crippen molar-refractivity contribution in [2.75, 3.05) is 7.11 Å². The van der Waals surface area contributed by atoms with Gasteiger partial charge >= 0.3 is 12.0 Å². The van der Waals surface area contributed by atoms with E-state index in [2.05, 4.69) is 10.6 Å². The van der Waals surface area contributed by atoms with E-state index in [9.17, 15) is 9.59 Å². The zero-order valence-corrected chi connectivity index (χ0v) is 13.5. The molecule has 2 aromatic rings. The lowest BCUT2D eigenvalue weighted by molar-refractivity contribution is -0.136. The minimum Gasteiger partial charge on any atom is -0.466 e. The molecule has 0 saturated heterocycles. The van der Waals surface area contributed by atoms with Gasteiger partial charge in [0.15, 0.2) is 0 Å². The number of ether oxygens (including phenoxy) is 1. The van der Waals surface area contributed by atoms with Gasteiger partial charge in [-0.15, -0.1) is 0 Å². The van der Waals surface area contributed by atoms with Crippen molar-refractivity contribution in [1.82, 2.24) is 10.6 Å². The smallest absolute Gasteiger partial charge is 0.337 e. The Morgan fingerprint density at radius 1 is 1.00 bits per heavy atom. The fraction of sp³-hybridized carbons (Fsp3) is 0.158. The Labute approximate surface area is 140 Å². The minimum absolute atomic E-state index is 0.336. The molecule has 3 rings (SSSR count). The number of carbonyl (C=O) groups excluding carboxylic acids is 2. The molecule has 5 heteroatoms. The maximum absolute atomic E-state index is 12.1. The van der Waals surface area contributed by atoms with Crippen LogP contribution in [0.25, 0.3) is 11.1 Å². The number of methoxy groups -OCH3 is 1. The Hall–Kier alpha value is -3.08. The monoisotopic (exact) mass is 322 g/mol. The molecule has 0 spiro atoms. The van der Waals surface area contributed by atoms with Crippen molar-refractivity contribution in [2.24, 2.45) is 0 Å². The van der Waals surface area contributed by atoms with Gasteiger partial charge in [-0.2, -0.15) is 0 Å². The number of hydrogen-bond acceptors (Lipinski definition) is 3. The fourth-order valence-electron chi connectivity index (χ4n) is 2.82. The van der Waals surface area contributed by atoms with E-state index in [0.29, 0.717) is 11.3 Å². The number of allylic oxidation sites excluding steroid dienone is 1. The fourth-order valence-corrected chi connectivity index (χ4v) is 2.82. The van der Waals surface area contributed by atoms with Crippen LogP contribution in [0.1, 0.15) is 18.5 Å². The molecule has 0 fully saturated rings. The highest BCUT2D eigenvalue weighted by atomic mass is 16.5. The Morgan fingerprint density at radius 3 is 2.25 bits per heavy atom. The van der Waals surface area contributed by atoms with Crippen LogP contribution in [-0.4, -0.2) is 19.1 Å². The van der Waals surface area contributed by atoms with Crippen LogP contribution in [0.2, 0.25) is 0 Å². The van der Waals surface area contributed by atoms with E-state index in [1.54, 1.807) is 6.92 Å². The van der Waals surface area contributed by atoms with Crippen LogP contribution in [0.5, 0.6) is 0 Å². The normalized spacial score (nSPS) is 17.1. The summed E-state index contributed by atoms with van der Waals surface area (Å²) >= 11 is 0. The molecule has 0 aromatic heterocycles. The van der Waals surface area contributed by atoms with E-state index < -0.39 is 12.0 Å². The SMILES string of the molecule is COC(=O)C1=C(C)NC(=O)NC1c1ccc(-c2ccccc2)cc1. The second-order valence-corrected chi connectivity index (χ2v) is 5.55. The second-order valence-electron chi connectivity index (χ2n) is 5.55. The van der Waals surface area contributed by atoms with Gasteiger partial charge in [-0.05, 0) is 23.6 Å². The largest absolute Gasteiger partial charge is 0.466 e. The Balaban J connectivity index is 1.96. The summed E-state index contributed by atoms with van der Waals surface area (Å²) in [7, 11) is 1.33. The van der Waals surface area contributed by atoms with E-state index in [4.69, 9.17) is 4.74 Å². The molecule has 0 saturated carbocycles. The standard InChI is InChI=1S/C19H18N2O3/c1-12-16(18(22)24-2)17(21-19(23)20-12)15-10-8-14(9-11-15)13-6-4-3-5-7-13/h3-11,17H,1-2H3,(H2,20,21,23). The van der Waals surface area contributed by atoms with Gasteiger partial charge < -0.3 is 15.4 Å². The number of hydrogen-bond donors (Lipinski definition) is 2. The first-order chi connectivity index (χ1) is 11.6. The molecular formula is C19H18N2O3. The highest BCUT2D eigenvalue weighted by molar-refractivity contribution is 5.94. The number of esters is 1. The number of amides is 2. The predicted octanol–water partition coefficient (Wildman–Crippen LogP) is 3.15. The van der Waals surface area contributed by atoms with E-state index in [1.807, 2.05) is 54.6 Å². The molecule has 2 amide bonds. The molecule has 1 heterocycles. The number of carbonyl (C=O) groups is 2. The average molecular weight is 322 g/mol. The van der Waals surface area contributed by atoms with Crippen molar-refractivity contribution >= 4 is 12.0 Å². The van der Waals surface area contributed by atoms with Gasteiger partial charge in [0.05, 0.1) is 18.7 Å². The highest BCUT2D eigenvalue weighted by Gasteiger charge is 2.31. The zero-order chi connectivity index (χ0) is 17.1. The summed E-state index contributed by atoms with van der Waals surface area (Å²) in [4.78, 5) is 23.9. The van der Waals surface area contributed by atoms with Crippen molar-refractivity contribution in [3.05, 3.63) is 71.4 Å². The minimum atomic E-state index is -0.531. The van der Waals surface area contributed by atoms with Crippen LogP contribution in [0.15, 0.2) is 65.9 Å². The third kappa shape index (κ3) is 3.01. The van der Waals surface area contributed by atoms with Gasteiger partial charge in [-0.3, -0.25) is 0 Å². The first-order valence-electron chi connectivity index (χ1n) is 7.62. The maximum atomic E-state index is 12.1. The third-order valence-electron chi connectivity index (χ3n) is 4.03. The Bertz CT molecular complexity index is 795. The molecule has 1 atom stereocenters. The lowest BCUT2D eigenvalue weighted by atomic mass is 9.94. The molecule has 2 aromatic carbocycles. The summed E-state index contributed by atoms with van der Waals surface area (Å²) in [6, 6.07) is 16.9. The molecule has 122 valence electrons. The molecule has 0 radical (unpaired) electrons. The van der Waals surface area contributed by atoms with Crippen molar-refractivity contribution in [2.45, 2.75) is 13.0 Å². The lowest BCUT2D eigenvalue weighted by Gasteiger charge is -2.27. The topological polar surface area (TPSA) is 67.4 Å². The molecule has 0 aliphatic carbocycles. The van der Waals surface area contributed by atoms with Crippen LogP contribution in [0.3, 0.4) is 0 Å². The van der Waals surface area contributed by atoms with Gasteiger partial charge in [0.25, 0.3) is 0 Å². The van der Waals surface area contributed by atoms with Crippen molar-refractivity contribution in [1.29, 1.82) is 0 Å². The summed E-state index contributed by atoms with van der Waals surface area (Å²) < 4.78 is 4.85. The van der Waals surface area contributed by atoms with E-state index in [0.717, 1.165) is 16.7 Å². The third-order valence-corrected chi connectivity index (χ3v) is 4.03. The van der Waals surface area contributed by atoms with Gasteiger partial charge in [-0.25, -0.2) is 9.59 Å². The van der Waals surface area contributed by atoms with E-state index in [-0.39, 0.29) is 6.03 Å². The lowest BCUT2D eigenvalue weighted by Crippen LogP contribution is -2.45. The van der Waals surface area contributed by atoms with Gasteiger partial charge in [0, 0.05) is 5.70 Å². The van der Waals surface area contributed by atoms with Gasteiger partial charge in [0.1, 0.15) is 0 Å². The van der Waals surface area contributed by atoms with Crippen LogP contribution in [0, 0.1) is 0 Å². The number of urea groups is 1.